The maximum absolute atomic E-state index is 12.0. The number of para-hydroxylation sites is 1. The summed E-state index contributed by atoms with van der Waals surface area (Å²) in [5, 5.41) is 2.95. The molecule has 0 bridgehead atoms. The molecule has 96 valence electrons. The van der Waals surface area contributed by atoms with Crippen molar-refractivity contribution in [3.8, 4) is 5.75 Å². The molecular formula is C13H17N3O2. The SMILES string of the molecule is COc1ccccc1Cn1[nH]cc(CCN)c1=O. The maximum Gasteiger partial charge on any atom is 0.270 e. The molecule has 0 aliphatic rings. The largest absolute Gasteiger partial charge is 0.496 e. The van der Waals surface area contributed by atoms with Gasteiger partial charge in [-0.1, -0.05) is 18.2 Å². The fraction of sp³-hybridized carbons (Fsp3) is 0.308. The van der Waals surface area contributed by atoms with Gasteiger partial charge >= 0.3 is 0 Å². The van der Waals surface area contributed by atoms with Crippen molar-refractivity contribution in [2.24, 2.45) is 5.73 Å². The lowest BCUT2D eigenvalue weighted by atomic mass is 10.2. The summed E-state index contributed by atoms with van der Waals surface area (Å²) >= 11 is 0. The Hall–Kier alpha value is -2.01. The van der Waals surface area contributed by atoms with Gasteiger partial charge in [-0.15, -0.1) is 0 Å². The van der Waals surface area contributed by atoms with Gasteiger partial charge in [0.15, 0.2) is 0 Å². The van der Waals surface area contributed by atoms with Crippen LogP contribution in [0.3, 0.4) is 0 Å². The van der Waals surface area contributed by atoms with Crippen LogP contribution >= 0.6 is 0 Å². The molecule has 0 radical (unpaired) electrons. The quantitative estimate of drug-likeness (QED) is 0.818. The minimum Gasteiger partial charge on any atom is -0.496 e. The number of nitrogens with one attached hydrogen (secondary N) is 1. The zero-order valence-electron chi connectivity index (χ0n) is 10.3. The average molecular weight is 247 g/mol. The number of ether oxygens (including phenoxy) is 1. The van der Waals surface area contributed by atoms with Crippen LogP contribution in [0.5, 0.6) is 5.75 Å². The van der Waals surface area contributed by atoms with E-state index >= 15 is 0 Å². The number of nitrogens with zero attached hydrogens (tertiary/aromatic N) is 1. The van der Waals surface area contributed by atoms with Crippen molar-refractivity contribution >= 4 is 0 Å². The predicted molar refractivity (Wildman–Crippen MR) is 69.9 cm³/mol. The summed E-state index contributed by atoms with van der Waals surface area (Å²) in [6, 6.07) is 7.64. The predicted octanol–water partition coefficient (Wildman–Crippen LogP) is 0.735. The van der Waals surface area contributed by atoms with Crippen molar-refractivity contribution in [3.63, 3.8) is 0 Å². The van der Waals surface area contributed by atoms with Gasteiger partial charge in [-0.05, 0) is 19.0 Å². The number of benzene rings is 1. The summed E-state index contributed by atoms with van der Waals surface area (Å²) in [7, 11) is 1.62. The van der Waals surface area contributed by atoms with Crippen molar-refractivity contribution in [3.05, 3.63) is 51.9 Å². The fourth-order valence-electron chi connectivity index (χ4n) is 1.91. The Labute approximate surface area is 105 Å². The van der Waals surface area contributed by atoms with Crippen LogP contribution in [-0.4, -0.2) is 23.4 Å². The van der Waals surface area contributed by atoms with Crippen molar-refractivity contribution in [1.29, 1.82) is 0 Å². The number of rotatable bonds is 5. The second kappa shape index (κ2) is 5.55. The van der Waals surface area contributed by atoms with Crippen LogP contribution in [-0.2, 0) is 13.0 Å². The van der Waals surface area contributed by atoms with E-state index in [0.29, 0.717) is 25.1 Å². The average Bonchev–Trinajstić information content (AvgIpc) is 2.73. The van der Waals surface area contributed by atoms with Crippen LogP contribution in [0.15, 0.2) is 35.3 Å². The number of aromatic nitrogens is 2. The number of aromatic amines is 1. The van der Waals surface area contributed by atoms with Gasteiger partial charge in [0.05, 0.1) is 13.7 Å². The molecule has 0 saturated heterocycles. The summed E-state index contributed by atoms with van der Waals surface area (Å²) in [6.07, 6.45) is 2.30. The number of H-pyrrole nitrogens is 1. The van der Waals surface area contributed by atoms with E-state index in [1.54, 1.807) is 18.0 Å². The lowest BCUT2D eigenvalue weighted by molar-refractivity contribution is 0.407. The Morgan fingerprint density at radius 3 is 2.83 bits per heavy atom. The highest BCUT2D eigenvalue weighted by molar-refractivity contribution is 5.33. The molecule has 1 aromatic carbocycles. The molecule has 2 rings (SSSR count). The van der Waals surface area contributed by atoms with Gasteiger partial charge in [0, 0.05) is 17.3 Å². The third-order valence-electron chi connectivity index (χ3n) is 2.85. The molecule has 0 atom stereocenters. The van der Waals surface area contributed by atoms with Crippen LogP contribution in [0.1, 0.15) is 11.1 Å². The smallest absolute Gasteiger partial charge is 0.270 e. The Morgan fingerprint density at radius 1 is 1.33 bits per heavy atom. The van der Waals surface area contributed by atoms with Crippen LogP contribution < -0.4 is 16.0 Å². The lowest BCUT2D eigenvalue weighted by Gasteiger charge is -2.07. The molecule has 0 saturated carbocycles. The van der Waals surface area contributed by atoms with Crippen molar-refractivity contribution in [1.82, 2.24) is 9.78 Å². The molecular weight excluding hydrogens is 230 g/mol. The third-order valence-corrected chi connectivity index (χ3v) is 2.85. The van der Waals surface area contributed by atoms with Gasteiger partial charge in [0.25, 0.3) is 5.56 Å². The summed E-state index contributed by atoms with van der Waals surface area (Å²) in [5.74, 6) is 0.777. The molecule has 0 aliphatic heterocycles. The molecule has 5 nitrogen and oxygen atoms in total. The van der Waals surface area contributed by atoms with Crippen LogP contribution in [0.4, 0.5) is 0 Å². The van der Waals surface area contributed by atoms with Crippen molar-refractivity contribution < 1.29 is 4.74 Å². The Balaban J connectivity index is 2.26. The zero-order valence-corrected chi connectivity index (χ0v) is 10.3. The highest BCUT2D eigenvalue weighted by atomic mass is 16.5. The van der Waals surface area contributed by atoms with Gasteiger partial charge in [-0.25, -0.2) is 4.68 Å². The minimum absolute atomic E-state index is 0.0219. The van der Waals surface area contributed by atoms with E-state index in [2.05, 4.69) is 5.10 Å². The molecule has 0 amide bonds. The second-order valence-electron chi connectivity index (χ2n) is 4.04. The van der Waals surface area contributed by atoms with E-state index in [1.165, 1.54) is 0 Å². The number of methoxy groups -OCH3 is 1. The van der Waals surface area contributed by atoms with Crippen molar-refractivity contribution in [2.45, 2.75) is 13.0 Å². The summed E-state index contributed by atoms with van der Waals surface area (Å²) < 4.78 is 6.82. The van der Waals surface area contributed by atoms with E-state index in [1.807, 2.05) is 24.3 Å². The number of hydrogen-bond acceptors (Lipinski definition) is 3. The fourth-order valence-corrected chi connectivity index (χ4v) is 1.91. The molecule has 0 unspecified atom stereocenters. The monoisotopic (exact) mass is 247 g/mol. The normalized spacial score (nSPS) is 10.6. The van der Waals surface area contributed by atoms with E-state index in [9.17, 15) is 4.79 Å². The third kappa shape index (κ3) is 2.46. The Bertz CT molecular complexity index is 572. The van der Waals surface area contributed by atoms with Crippen molar-refractivity contribution in [2.75, 3.05) is 13.7 Å². The van der Waals surface area contributed by atoms with Gasteiger partial charge in [0.1, 0.15) is 5.75 Å². The zero-order chi connectivity index (χ0) is 13.0. The van der Waals surface area contributed by atoms with Gasteiger partial charge in [-0.2, -0.15) is 0 Å². The Kier molecular flexibility index (Phi) is 3.84. The first-order valence-corrected chi connectivity index (χ1v) is 5.85. The van der Waals surface area contributed by atoms with Gasteiger partial charge < -0.3 is 15.6 Å². The first-order chi connectivity index (χ1) is 8.76. The molecule has 2 aromatic rings. The molecule has 0 aliphatic carbocycles. The molecule has 0 spiro atoms. The molecule has 0 fully saturated rings. The summed E-state index contributed by atoms with van der Waals surface area (Å²) in [5.41, 5.74) is 7.11. The standard InChI is InChI=1S/C13H17N3O2/c1-18-12-5-3-2-4-11(12)9-16-13(17)10(6-7-14)8-15-16/h2-5,8,15H,6-7,9,14H2,1H3. The minimum atomic E-state index is -0.0219. The van der Waals surface area contributed by atoms with Crippen LogP contribution in [0, 0.1) is 0 Å². The topological polar surface area (TPSA) is 73.0 Å². The first-order valence-electron chi connectivity index (χ1n) is 5.85. The van der Waals surface area contributed by atoms with E-state index < -0.39 is 0 Å². The molecule has 18 heavy (non-hydrogen) atoms. The Morgan fingerprint density at radius 2 is 2.11 bits per heavy atom. The first kappa shape index (κ1) is 12.4. The van der Waals surface area contributed by atoms with E-state index in [0.717, 1.165) is 11.3 Å². The highest BCUT2D eigenvalue weighted by Crippen LogP contribution is 2.17. The summed E-state index contributed by atoms with van der Waals surface area (Å²) in [4.78, 5) is 12.0. The molecule has 1 aromatic heterocycles. The number of nitrogens with two attached hydrogens (primary N) is 1. The lowest BCUT2D eigenvalue weighted by Crippen LogP contribution is -2.21. The number of hydrogen-bond donors (Lipinski definition) is 2. The van der Waals surface area contributed by atoms with Crippen LogP contribution in [0.25, 0.3) is 0 Å². The highest BCUT2D eigenvalue weighted by Gasteiger charge is 2.08. The molecule has 5 heteroatoms. The van der Waals surface area contributed by atoms with Gasteiger partial charge in [-0.3, -0.25) is 4.79 Å². The summed E-state index contributed by atoms with van der Waals surface area (Å²) in [6.45, 7) is 0.940. The molecule has 3 N–H and O–H groups in total. The maximum atomic E-state index is 12.0. The van der Waals surface area contributed by atoms with E-state index in [4.69, 9.17) is 10.5 Å². The van der Waals surface area contributed by atoms with Gasteiger partial charge in [0.2, 0.25) is 0 Å². The van der Waals surface area contributed by atoms with Crippen LogP contribution in [0.2, 0.25) is 0 Å². The molecule has 1 heterocycles. The second-order valence-corrected chi connectivity index (χ2v) is 4.04. The van der Waals surface area contributed by atoms with E-state index in [-0.39, 0.29) is 5.56 Å².